The van der Waals surface area contributed by atoms with Crippen LogP contribution in [-0.4, -0.2) is 28.0 Å². The van der Waals surface area contributed by atoms with Gasteiger partial charge in [-0.25, -0.2) is 9.78 Å². The maximum atomic E-state index is 12.1. The molecule has 1 saturated carbocycles. The molecule has 6 heteroatoms. The largest absolute Gasteiger partial charge is 0.477 e. The Kier molecular flexibility index (Phi) is 4.11. The number of carboxylic acids is 1. The van der Waals surface area contributed by atoms with Crippen molar-refractivity contribution in [2.75, 3.05) is 5.32 Å². The summed E-state index contributed by atoms with van der Waals surface area (Å²) in [5.41, 5.74) is 6.39. The average Bonchev–Trinajstić information content (AvgIpc) is 2.39. The number of carbonyl (C=O) groups is 2. The third-order valence-electron chi connectivity index (χ3n) is 3.41. The van der Waals surface area contributed by atoms with Crippen LogP contribution in [0.4, 0.5) is 5.69 Å². The Morgan fingerprint density at radius 1 is 1.32 bits per heavy atom. The van der Waals surface area contributed by atoms with Crippen LogP contribution in [0.3, 0.4) is 0 Å². The SMILES string of the molecule is NC1CCCCC1C(=O)Nc1ccc(C(=O)O)nc1. The number of rotatable bonds is 3. The molecule has 1 aromatic heterocycles. The second kappa shape index (κ2) is 5.79. The molecule has 0 spiro atoms. The Morgan fingerprint density at radius 2 is 2.05 bits per heavy atom. The molecule has 4 N–H and O–H groups in total. The first-order chi connectivity index (χ1) is 9.08. The minimum Gasteiger partial charge on any atom is -0.477 e. The number of carboxylic acid groups (broad SMARTS) is 1. The molecule has 102 valence electrons. The van der Waals surface area contributed by atoms with Gasteiger partial charge in [0.25, 0.3) is 0 Å². The van der Waals surface area contributed by atoms with E-state index < -0.39 is 5.97 Å². The smallest absolute Gasteiger partial charge is 0.354 e. The average molecular weight is 263 g/mol. The van der Waals surface area contributed by atoms with E-state index >= 15 is 0 Å². The van der Waals surface area contributed by atoms with Crippen LogP contribution in [0.5, 0.6) is 0 Å². The lowest BCUT2D eigenvalue weighted by atomic mass is 9.84. The summed E-state index contributed by atoms with van der Waals surface area (Å²) in [6.45, 7) is 0. The highest BCUT2D eigenvalue weighted by Crippen LogP contribution is 2.24. The molecule has 0 radical (unpaired) electrons. The Morgan fingerprint density at radius 3 is 2.63 bits per heavy atom. The summed E-state index contributed by atoms with van der Waals surface area (Å²) in [7, 11) is 0. The Hall–Kier alpha value is -1.95. The van der Waals surface area contributed by atoms with Gasteiger partial charge in [-0.3, -0.25) is 4.79 Å². The molecule has 1 aliphatic carbocycles. The summed E-state index contributed by atoms with van der Waals surface area (Å²) in [4.78, 5) is 26.5. The lowest BCUT2D eigenvalue weighted by Gasteiger charge is -2.27. The summed E-state index contributed by atoms with van der Waals surface area (Å²) >= 11 is 0. The number of carbonyl (C=O) groups excluding carboxylic acids is 1. The summed E-state index contributed by atoms with van der Waals surface area (Å²) in [6, 6.07) is 2.79. The van der Waals surface area contributed by atoms with Crippen molar-refractivity contribution in [1.29, 1.82) is 0 Å². The first kappa shape index (κ1) is 13.5. The molecule has 0 bridgehead atoms. The summed E-state index contributed by atoms with van der Waals surface area (Å²) in [5.74, 6) is -1.38. The van der Waals surface area contributed by atoms with E-state index in [-0.39, 0.29) is 23.6 Å². The van der Waals surface area contributed by atoms with Crippen molar-refractivity contribution in [2.45, 2.75) is 31.7 Å². The lowest BCUT2D eigenvalue weighted by molar-refractivity contribution is -0.121. The maximum absolute atomic E-state index is 12.1. The minimum absolute atomic E-state index is 0.0487. The molecule has 2 atom stereocenters. The summed E-state index contributed by atoms with van der Waals surface area (Å²) in [5, 5.41) is 11.5. The van der Waals surface area contributed by atoms with E-state index in [9.17, 15) is 9.59 Å². The van der Waals surface area contributed by atoms with Crippen molar-refractivity contribution in [1.82, 2.24) is 4.98 Å². The van der Waals surface area contributed by atoms with Crippen molar-refractivity contribution in [3.8, 4) is 0 Å². The van der Waals surface area contributed by atoms with Gasteiger partial charge in [0.1, 0.15) is 5.69 Å². The molecule has 19 heavy (non-hydrogen) atoms. The van der Waals surface area contributed by atoms with Gasteiger partial charge in [-0.05, 0) is 25.0 Å². The van der Waals surface area contributed by atoms with Gasteiger partial charge in [0.05, 0.1) is 17.8 Å². The van der Waals surface area contributed by atoms with Crippen LogP contribution in [0.2, 0.25) is 0 Å². The van der Waals surface area contributed by atoms with Crippen LogP contribution in [0.1, 0.15) is 36.2 Å². The van der Waals surface area contributed by atoms with E-state index in [1.54, 1.807) is 0 Å². The Bertz CT molecular complexity index is 473. The molecule has 2 unspecified atom stereocenters. The van der Waals surface area contributed by atoms with Gasteiger partial charge < -0.3 is 16.2 Å². The van der Waals surface area contributed by atoms with Crippen LogP contribution in [-0.2, 0) is 4.79 Å². The minimum atomic E-state index is -1.09. The van der Waals surface area contributed by atoms with Crippen molar-refractivity contribution in [2.24, 2.45) is 11.7 Å². The van der Waals surface area contributed by atoms with Crippen molar-refractivity contribution in [3.63, 3.8) is 0 Å². The highest BCUT2D eigenvalue weighted by atomic mass is 16.4. The molecule has 1 fully saturated rings. The number of anilines is 1. The molecule has 0 aliphatic heterocycles. The molecular formula is C13H17N3O3. The van der Waals surface area contributed by atoms with Crippen molar-refractivity contribution >= 4 is 17.6 Å². The topological polar surface area (TPSA) is 105 Å². The fourth-order valence-corrected chi connectivity index (χ4v) is 2.31. The highest BCUT2D eigenvalue weighted by Gasteiger charge is 2.28. The van der Waals surface area contributed by atoms with Gasteiger partial charge in [0.15, 0.2) is 0 Å². The molecular weight excluding hydrogens is 246 g/mol. The highest BCUT2D eigenvalue weighted by molar-refractivity contribution is 5.93. The zero-order chi connectivity index (χ0) is 13.8. The molecule has 6 nitrogen and oxygen atoms in total. The number of nitrogens with two attached hydrogens (primary N) is 1. The number of nitrogens with zero attached hydrogens (tertiary/aromatic N) is 1. The van der Waals surface area contributed by atoms with Gasteiger partial charge in [-0.1, -0.05) is 12.8 Å². The normalized spacial score (nSPS) is 22.8. The Labute approximate surface area is 111 Å². The number of aromatic carboxylic acids is 1. The number of hydrogen-bond acceptors (Lipinski definition) is 4. The molecule has 0 aromatic carbocycles. The summed E-state index contributed by atoms with van der Waals surface area (Å²) < 4.78 is 0. The van der Waals surface area contributed by atoms with E-state index in [0.29, 0.717) is 5.69 Å². The van der Waals surface area contributed by atoms with E-state index in [2.05, 4.69) is 10.3 Å². The van der Waals surface area contributed by atoms with E-state index in [4.69, 9.17) is 10.8 Å². The predicted molar refractivity (Wildman–Crippen MR) is 69.8 cm³/mol. The van der Waals surface area contributed by atoms with Gasteiger partial charge in [-0.15, -0.1) is 0 Å². The van der Waals surface area contributed by atoms with Crippen molar-refractivity contribution in [3.05, 3.63) is 24.0 Å². The monoisotopic (exact) mass is 263 g/mol. The third kappa shape index (κ3) is 3.29. The lowest BCUT2D eigenvalue weighted by Crippen LogP contribution is -2.40. The summed E-state index contributed by atoms with van der Waals surface area (Å²) in [6.07, 6.45) is 5.10. The number of nitrogens with one attached hydrogen (secondary N) is 1. The number of aromatic nitrogens is 1. The zero-order valence-electron chi connectivity index (χ0n) is 10.5. The molecule has 2 rings (SSSR count). The predicted octanol–water partition coefficient (Wildman–Crippen LogP) is 1.24. The van der Waals surface area contributed by atoms with Gasteiger partial charge in [0.2, 0.25) is 5.91 Å². The number of hydrogen-bond donors (Lipinski definition) is 3. The van der Waals surface area contributed by atoms with Crippen LogP contribution in [0, 0.1) is 5.92 Å². The standard InChI is InChI=1S/C13H17N3O3/c14-10-4-2-1-3-9(10)12(17)16-8-5-6-11(13(18)19)15-7-8/h5-7,9-10H,1-4,14H2,(H,16,17)(H,18,19). The second-order valence-electron chi connectivity index (χ2n) is 4.78. The van der Waals surface area contributed by atoms with Gasteiger partial charge in [0, 0.05) is 6.04 Å². The van der Waals surface area contributed by atoms with Crippen LogP contribution < -0.4 is 11.1 Å². The van der Waals surface area contributed by atoms with Crippen molar-refractivity contribution < 1.29 is 14.7 Å². The first-order valence-electron chi connectivity index (χ1n) is 6.33. The van der Waals surface area contributed by atoms with Gasteiger partial charge >= 0.3 is 5.97 Å². The van der Waals surface area contributed by atoms with Crippen LogP contribution in [0.25, 0.3) is 0 Å². The second-order valence-corrected chi connectivity index (χ2v) is 4.78. The number of amides is 1. The van der Waals surface area contributed by atoms with E-state index in [1.165, 1.54) is 18.3 Å². The fourth-order valence-electron chi connectivity index (χ4n) is 2.31. The van der Waals surface area contributed by atoms with E-state index in [0.717, 1.165) is 25.7 Å². The Balaban J connectivity index is 2.00. The van der Waals surface area contributed by atoms with Gasteiger partial charge in [-0.2, -0.15) is 0 Å². The number of pyridine rings is 1. The molecule has 1 heterocycles. The van der Waals surface area contributed by atoms with E-state index in [1.807, 2.05) is 0 Å². The van der Waals surface area contributed by atoms with Crippen LogP contribution >= 0.6 is 0 Å². The molecule has 1 aliphatic rings. The quantitative estimate of drug-likeness (QED) is 0.760. The molecule has 1 aromatic rings. The maximum Gasteiger partial charge on any atom is 0.354 e. The zero-order valence-corrected chi connectivity index (χ0v) is 10.5. The fraction of sp³-hybridized carbons (Fsp3) is 0.462. The third-order valence-corrected chi connectivity index (χ3v) is 3.41. The molecule has 0 saturated heterocycles. The first-order valence-corrected chi connectivity index (χ1v) is 6.33. The van der Waals surface area contributed by atoms with Crippen LogP contribution in [0.15, 0.2) is 18.3 Å². The molecule has 1 amide bonds.